The zero-order valence-electron chi connectivity index (χ0n) is 21.7. The van der Waals surface area contributed by atoms with E-state index in [9.17, 15) is 33.9 Å². The summed E-state index contributed by atoms with van der Waals surface area (Å²) < 4.78 is 0. The number of hydrogen-bond donors (Lipinski definition) is 8. The lowest BCUT2D eigenvalue weighted by Crippen LogP contribution is -2.53. The topological polar surface area (TPSA) is 233 Å². The molecule has 0 saturated carbocycles. The molecule has 0 fully saturated rings. The van der Waals surface area contributed by atoms with Gasteiger partial charge in [-0.3, -0.25) is 24.0 Å². The van der Waals surface area contributed by atoms with E-state index in [0.717, 1.165) is 23.4 Å². The highest BCUT2D eigenvalue weighted by molar-refractivity contribution is 5.92. The average molecular weight is 547 g/mol. The molecule has 4 atom stereocenters. The highest BCUT2D eigenvalue weighted by Gasteiger charge is 2.28. The molecule has 14 nitrogen and oxygen atoms in total. The average Bonchev–Trinajstić information content (AvgIpc) is 3.27. The van der Waals surface area contributed by atoms with Gasteiger partial charge in [0.2, 0.25) is 23.6 Å². The highest BCUT2D eigenvalue weighted by atomic mass is 16.4. The number of amides is 4. The van der Waals surface area contributed by atoms with Crippen molar-refractivity contribution in [2.24, 2.45) is 5.73 Å². The fourth-order valence-electron chi connectivity index (χ4n) is 3.81. The van der Waals surface area contributed by atoms with Gasteiger partial charge in [-0.1, -0.05) is 18.2 Å². The maximum atomic E-state index is 13.0. The molecule has 0 radical (unpaired) electrons. The fourth-order valence-corrected chi connectivity index (χ4v) is 3.81. The third-order valence-electron chi connectivity index (χ3n) is 5.83. The third kappa shape index (κ3) is 9.74. The van der Waals surface area contributed by atoms with Crippen LogP contribution >= 0.6 is 0 Å². The normalized spacial score (nSPS) is 13.9. The van der Waals surface area contributed by atoms with Crippen LogP contribution in [0.25, 0.3) is 10.9 Å². The molecule has 9 N–H and O–H groups in total. The number of aromatic nitrogens is 1. The lowest BCUT2D eigenvalue weighted by molar-refractivity contribution is -0.143. The molecule has 1 aromatic heterocycles. The van der Waals surface area contributed by atoms with E-state index in [2.05, 4.69) is 26.3 Å². The Kier molecular flexibility index (Phi) is 11.4. The molecule has 2 aromatic rings. The number of carboxylic acids is 2. The minimum Gasteiger partial charge on any atom is -0.481 e. The number of carbonyl (C=O) groups excluding carboxylic acids is 4. The number of benzene rings is 1. The lowest BCUT2D eigenvalue weighted by atomic mass is 10.0. The van der Waals surface area contributed by atoms with Crippen molar-refractivity contribution in [3.8, 4) is 0 Å². The highest BCUT2D eigenvalue weighted by Crippen LogP contribution is 2.19. The van der Waals surface area contributed by atoms with Gasteiger partial charge in [-0.25, -0.2) is 4.79 Å². The van der Waals surface area contributed by atoms with Crippen molar-refractivity contribution in [2.75, 3.05) is 6.54 Å². The first-order chi connectivity index (χ1) is 18.4. The Balaban J connectivity index is 2.05. The lowest BCUT2D eigenvalue weighted by Gasteiger charge is -2.22. The Hall–Kier alpha value is -4.46. The van der Waals surface area contributed by atoms with E-state index >= 15 is 0 Å². The minimum absolute atomic E-state index is 0.134. The van der Waals surface area contributed by atoms with Crippen molar-refractivity contribution < 1.29 is 39.0 Å². The molecule has 0 bridgehead atoms. The van der Waals surface area contributed by atoms with Crippen molar-refractivity contribution in [3.05, 3.63) is 36.0 Å². The third-order valence-corrected chi connectivity index (χ3v) is 5.83. The maximum Gasteiger partial charge on any atom is 0.326 e. The van der Waals surface area contributed by atoms with E-state index in [1.165, 1.54) is 6.92 Å². The summed E-state index contributed by atoms with van der Waals surface area (Å²) in [6.07, 6.45) is 0.986. The smallest absolute Gasteiger partial charge is 0.326 e. The van der Waals surface area contributed by atoms with Crippen LogP contribution in [0.1, 0.15) is 38.7 Å². The fraction of sp³-hybridized carbons (Fsp3) is 0.440. The zero-order chi connectivity index (χ0) is 29.1. The molecule has 0 aliphatic carbocycles. The van der Waals surface area contributed by atoms with Gasteiger partial charge in [0.05, 0.1) is 6.04 Å². The first kappa shape index (κ1) is 30.8. The largest absolute Gasteiger partial charge is 0.481 e. The predicted molar refractivity (Wildman–Crippen MR) is 139 cm³/mol. The monoisotopic (exact) mass is 546 g/mol. The molecule has 0 saturated heterocycles. The van der Waals surface area contributed by atoms with E-state index in [1.807, 2.05) is 24.3 Å². The Morgan fingerprint density at radius 1 is 0.897 bits per heavy atom. The van der Waals surface area contributed by atoms with Crippen molar-refractivity contribution in [1.29, 1.82) is 0 Å². The number of hydrogen-bond acceptors (Lipinski definition) is 7. The van der Waals surface area contributed by atoms with Crippen LogP contribution < -0.4 is 27.0 Å². The van der Waals surface area contributed by atoms with Crippen LogP contribution in [0.5, 0.6) is 0 Å². The molecule has 0 unspecified atom stereocenters. The quantitative estimate of drug-likeness (QED) is 0.136. The van der Waals surface area contributed by atoms with Crippen molar-refractivity contribution in [1.82, 2.24) is 26.3 Å². The number of H-pyrrole nitrogens is 1. The molecule has 0 aliphatic rings. The van der Waals surface area contributed by atoms with Crippen LogP contribution in [0.2, 0.25) is 0 Å². The van der Waals surface area contributed by atoms with E-state index in [4.69, 9.17) is 10.8 Å². The van der Waals surface area contributed by atoms with Crippen LogP contribution in [0.3, 0.4) is 0 Å². The Morgan fingerprint density at radius 2 is 1.56 bits per heavy atom. The van der Waals surface area contributed by atoms with Gasteiger partial charge in [0.15, 0.2) is 0 Å². The molecule has 0 spiro atoms. The standard InChI is InChI=1S/C25H34N6O8/c1-13(26)22(35)31-20(11-15-12-28-17-6-4-3-5-16(15)17)23(36)27-10-9-19(25(38)39)30-24(37)18(29-14(2)32)7-8-21(33)34/h3-6,12-13,18-20,28H,7-11,26H2,1-2H3,(H,27,36)(H,29,32)(H,30,37)(H,31,35)(H,33,34)(H,38,39)/t13-,18+,19+,20+/m0/s1. The van der Waals surface area contributed by atoms with Crippen molar-refractivity contribution in [3.63, 3.8) is 0 Å². The maximum absolute atomic E-state index is 13.0. The first-order valence-corrected chi connectivity index (χ1v) is 12.3. The second-order valence-electron chi connectivity index (χ2n) is 9.08. The minimum atomic E-state index is -1.44. The van der Waals surface area contributed by atoms with Crippen LogP contribution in [0, 0.1) is 0 Å². The van der Waals surface area contributed by atoms with Gasteiger partial charge in [0.25, 0.3) is 0 Å². The number of para-hydroxylation sites is 1. The summed E-state index contributed by atoms with van der Waals surface area (Å²) in [5.74, 6) is -5.16. The van der Waals surface area contributed by atoms with E-state index in [0.29, 0.717) is 0 Å². The van der Waals surface area contributed by atoms with E-state index in [-0.39, 0.29) is 25.8 Å². The van der Waals surface area contributed by atoms with E-state index < -0.39 is 66.2 Å². The number of aliphatic carboxylic acids is 2. The summed E-state index contributed by atoms with van der Waals surface area (Å²) in [7, 11) is 0. The molecule has 4 amide bonds. The number of carbonyl (C=O) groups is 6. The van der Waals surface area contributed by atoms with Gasteiger partial charge < -0.3 is 42.2 Å². The van der Waals surface area contributed by atoms with Gasteiger partial charge >= 0.3 is 11.9 Å². The number of fused-ring (bicyclic) bond motifs is 1. The molecule has 39 heavy (non-hydrogen) atoms. The summed E-state index contributed by atoms with van der Waals surface area (Å²) in [5, 5.41) is 29.0. The van der Waals surface area contributed by atoms with Gasteiger partial charge in [0.1, 0.15) is 18.1 Å². The summed E-state index contributed by atoms with van der Waals surface area (Å²) in [5.41, 5.74) is 7.27. The predicted octanol–water partition coefficient (Wildman–Crippen LogP) is -1.01. The molecule has 1 heterocycles. The molecule has 1 aromatic carbocycles. The molecular formula is C25H34N6O8. The summed E-state index contributed by atoms with van der Waals surface area (Å²) >= 11 is 0. The van der Waals surface area contributed by atoms with Crippen LogP contribution in [0.4, 0.5) is 0 Å². The second kappa shape index (κ2) is 14.5. The Bertz CT molecular complexity index is 1210. The van der Waals surface area contributed by atoms with Crippen LogP contribution in [-0.2, 0) is 35.2 Å². The number of rotatable bonds is 15. The van der Waals surface area contributed by atoms with Crippen molar-refractivity contribution in [2.45, 2.75) is 63.7 Å². The summed E-state index contributed by atoms with van der Waals surface area (Å²) in [6.45, 7) is 2.44. The Labute approximate surface area is 224 Å². The van der Waals surface area contributed by atoms with Gasteiger partial charge in [0, 0.05) is 43.4 Å². The van der Waals surface area contributed by atoms with Crippen LogP contribution in [-0.4, -0.2) is 81.5 Å². The summed E-state index contributed by atoms with van der Waals surface area (Å²) in [6, 6.07) is 2.86. The SMILES string of the molecule is CC(=O)N[C@H](CCC(=O)O)C(=O)N[C@H](CCNC(=O)[C@@H](Cc1c[nH]c2ccccc12)NC(=O)[C@H](C)N)C(=O)O. The van der Waals surface area contributed by atoms with Crippen LogP contribution in [0.15, 0.2) is 30.5 Å². The molecule has 14 heteroatoms. The first-order valence-electron chi connectivity index (χ1n) is 12.3. The number of nitrogens with one attached hydrogen (secondary N) is 5. The number of nitrogens with two attached hydrogens (primary N) is 1. The second-order valence-corrected chi connectivity index (χ2v) is 9.08. The summed E-state index contributed by atoms with van der Waals surface area (Å²) in [4.78, 5) is 74.9. The van der Waals surface area contributed by atoms with Gasteiger partial charge in [-0.05, 0) is 31.4 Å². The molecule has 212 valence electrons. The van der Waals surface area contributed by atoms with Gasteiger partial charge in [-0.15, -0.1) is 0 Å². The molecular weight excluding hydrogens is 512 g/mol. The van der Waals surface area contributed by atoms with Crippen molar-refractivity contribution >= 4 is 46.5 Å². The molecule has 0 aliphatic heterocycles. The van der Waals surface area contributed by atoms with Gasteiger partial charge in [-0.2, -0.15) is 0 Å². The van der Waals surface area contributed by atoms with E-state index in [1.54, 1.807) is 6.20 Å². The molecule has 2 rings (SSSR count). The number of carboxylic acid groups (broad SMARTS) is 2. The Morgan fingerprint density at radius 3 is 2.18 bits per heavy atom. The number of aromatic amines is 1. The zero-order valence-corrected chi connectivity index (χ0v) is 21.7.